The molecule has 2 amide bonds. The van der Waals surface area contributed by atoms with Gasteiger partial charge in [0.05, 0.1) is 6.61 Å². The van der Waals surface area contributed by atoms with E-state index in [9.17, 15) is 22.8 Å². The molecule has 0 unspecified atom stereocenters. The molecule has 0 aromatic heterocycles. The van der Waals surface area contributed by atoms with Crippen LogP contribution in [0.2, 0.25) is 0 Å². The van der Waals surface area contributed by atoms with Gasteiger partial charge in [0.2, 0.25) is 0 Å². The Kier molecular flexibility index (Phi) is 5.61. The molecule has 116 valence electrons. The van der Waals surface area contributed by atoms with E-state index in [1.165, 1.54) is 12.0 Å². The highest BCUT2D eigenvalue weighted by Gasteiger charge is 2.39. The molecule has 0 saturated heterocycles. The van der Waals surface area contributed by atoms with Crippen LogP contribution < -0.4 is 0 Å². The number of alkyl halides is 3. The van der Waals surface area contributed by atoms with Gasteiger partial charge in [-0.25, -0.2) is 4.79 Å². The molecule has 20 heavy (non-hydrogen) atoms. The second-order valence-corrected chi connectivity index (χ2v) is 4.56. The summed E-state index contributed by atoms with van der Waals surface area (Å²) < 4.78 is 42.1. The number of methoxy groups -OCH3 is 1. The highest BCUT2D eigenvalue weighted by Crippen LogP contribution is 2.28. The third-order valence-electron chi connectivity index (χ3n) is 2.74. The summed E-state index contributed by atoms with van der Waals surface area (Å²) >= 11 is 0. The number of carboxylic acids is 1. The van der Waals surface area contributed by atoms with Crippen molar-refractivity contribution < 1.29 is 32.6 Å². The first-order chi connectivity index (χ1) is 9.24. The van der Waals surface area contributed by atoms with Gasteiger partial charge in [0, 0.05) is 19.7 Å². The molecule has 1 fully saturated rings. The Labute approximate surface area is 114 Å². The van der Waals surface area contributed by atoms with Crippen LogP contribution in [0.3, 0.4) is 0 Å². The zero-order valence-corrected chi connectivity index (χ0v) is 11.0. The van der Waals surface area contributed by atoms with Gasteiger partial charge in [0.25, 0.3) is 0 Å². The minimum absolute atomic E-state index is 0.123. The number of nitrogens with zero attached hydrogens (tertiary/aromatic N) is 2. The number of carbonyl (C=O) groups is 2. The summed E-state index contributed by atoms with van der Waals surface area (Å²) in [4.78, 5) is 24.2. The monoisotopic (exact) mass is 298 g/mol. The molecule has 0 atom stereocenters. The van der Waals surface area contributed by atoms with Gasteiger partial charge in [0.15, 0.2) is 0 Å². The van der Waals surface area contributed by atoms with Crippen molar-refractivity contribution in [2.45, 2.75) is 25.1 Å². The van der Waals surface area contributed by atoms with Crippen molar-refractivity contribution in [3.63, 3.8) is 0 Å². The first-order valence-corrected chi connectivity index (χ1v) is 6.07. The molecule has 1 saturated carbocycles. The maximum absolute atomic E-state index is 12.4. The Morgan fingerprint density at radius 2 is 1.95 bits per heavy atom. The predicted octanol–water partition coefficient (Wildman–Crippen LogP) is 1.17. The Morgan fingerprint density at radius 1 is 1.35 bits per heavy atom. The standard InChI is InChI=1S/C11H17F3N2O4/c1-20-5-4-16(8-2-3-8)10(19)15(6-9(17)18)7-11(12,13)14/h8H,2-7H2,1H3,(H,17,18). The van der Waals surface area contributed by atoms with E-state index in [1.54, 1.807) is 0 Å². The summed E-state index contributed by atoms with van der Waals surface area (Å²) in [5.74, 6) is -1.48. The summed E-state index contributed by atoms with van der Waals surface area (Å²) in [6, 6.07) is -1.04. The molecule has 6 nitrogen and oxygen atoms in total. The predicted molar refractivity (Wildman–Crippen MR) is 62.3 cm³/mol. The quantitative estimate of drug-likeness (QED) is 0.766. The van der Waals surface area contributed by atoms with Crippen LogP contribution in [0.15, 0.2) is 0 Å². The van der Waals surface area contributed by atoms with E-state index in [1.807, 2.05) is 0 Å². The molecule has 0 aromatic carbocycles. The van der Waals surface area contributed by atoms with E-state index in [4.69, 9.17) is 9.84 Å². The molecule has 9 heteroatoms. The fourth-order valence-electron chi connectivity index (χ4n) is 1.76. The zero-order valence-electron chi connectivity index (χ0n) is 11.0. The first kappa shape index (κ1) is 16.5. The van der Waals surface area contributed by atoms with E-state index in [2.05, 4.69) is 0 Å². The normalized spacial score (nSPS) is 15.0. The van der Waals surface area contributed by atoms with Crippen molar-refractivity contribution in [1.29, 1.82) is 0 Å². The zero-order chi connectivity index (χ0) is 15.3. The Bertz CT molecular complexity index is 358. The maximum Gasteiger partial charge on any atom is 0.406 e. The van der Waals surface area contributed by atoms with Crippen LogP contribution in [-0.2, 0) is 9.53 Å². The lowest BCUT2D eigenvalue weighted by atomic mass is 10.4. The van der Waals surface area contributed by atoms with Crippen LogP contribution in [0.1, 0.15) is 12.8 Å². The van der Waals surface area contributed by atoms with E-state index in [0.29, 0.717) is 17.7 Å². The van der Waals surface area contributed by atoms with Crippen molar-refractivity contribution >= 4 is 12.0 Å². The summed E-state index contributed by atoms with van der Waals surface area (Å²) in [5, 5.41) is 8.64. The van der Waals surface area contributed by atoms with Crippen molar-refractivity contribution in [2.75, 3.05) is 33.4 Å². The molecule has 1 N–H and O–H groups in total. The summed E-state index contributed by atoms with van der Waals surface area (Å²) in [6.45, 7) is -2.22. The summed E-state index contributed by atoms with van der Waals surface area (Å²) in [7, 11) is 1.42. The number of amides is 2. The van der Waals surface area contributed by atoms with E-state index in [0.717, 1.165) is 0 Å². The number of hydrogen-bond acceptors (Lipinski definition) is 3. The number of halogens is 3. The lowest BCUT2D eigenvalue weighted by molar-refractivity contribution is -0.149. The fraction of sp³-hybridized carbons (Fsp3) is 0.818. The van der Waals surface area contributed by atoms with Gasteiger partial charge in [-0.3, -0.25) is 4.79 Å². The van der Waals surface area contributed by atoms with Crippen LogP contribution in [0, 0.1) is 0 Å². The molecule has 1 rings (SSSR count). The van der Waals surface area contributed by atoms with Gasteiger partial charge in [-0.15, -0.1) is 0 Å². The highest BCUT2D eigenvalue weighted by atomic mass is 19.4. The Morgan fingerprint density at radius 3 is 2.35 bits per heavy atom. The highest BCUT2D eigenvalue weighted by molar-refractivity contribution is 5.80. The lowest BCUT2D eigenvalue weighted by Gasteiger charge is -2.30. The third kappa shape index (κ3) is 5.64. The van der Waals surface area contributed by atoms with E-state index >= 15 is 0 Å². The van der Waals surface area contributed by atoms with Crippen LogP contribution in [0.4, 0.5) is 18.0 Å². The molecular weight excluding hydrogens is 281 g/mol. The second-order valence-electron chi connectivity index (χ2n) is 4.56. The van der Waals surface area contributed by atoms with Gasteiger partial charge in [-0.2, -0.15) is 13.2 Å². The van der Waals surface area contributed by atoms with E-state index in [-0.39, 0.29) is 19.2 Å². The number of aliphatic carboxylic acids is 1. The lowest BCUT2D eigenvalue weighted by Crippen LogP contribution is -2.50. The molecule has 0 radical (unpaired) electrons. The average molecular weight is 298 g/mol. The summed E-state index contributed by atoms with van der Waals surface area (Å²) in [5.41, 5.74) is 0. The number of ether oxygens (including phenoxy) is 1. The average Bonchev–Trinajstić information content (AvgIpc) is 3.10. The molecule has 0 aromatic rings. The van der Waals surface area contributed by atoms with Gasteiger partial charge in [0.1, 0.15) is 13.1 Å². The van der Waals surface area contributed by atoms with Crippen LogP contribution >= 0.6 is 0 Å². The van der Waals surface area contributed by atoms with Crippen molar-refractivity contribution in [3.05, 3.63) is 0 Å². The van der Waals surface area contributed by atoms with Crippen LogP contribution in [0.25, 0.3) is 0 Å². The number of rotatable bonds is 7. The minimum Gasteiger partial charge on any atom is -0.480 e. The largest absolute Gasteiger partial charge is 0.480 e. The van der Waals surface area contributed by atoms with Gasteiger partial charge >= 0.3 is 18.2 Å². The van der Waals surface area contributed by atoms with Gasteiger partial charge in [-0.1, -0.05) is 0 Å². The number of carboxylic acid groups (broad SMARTS) is 1. The Hall–Kier alpha value is -1.51. The smallest absolute Gasteiger partial charge is 0.406 e. The minimum atomic E-state index is -4.64. The van der Waals surface area contributed by atoms with Gasteiger partial charge < -0.3 is 19.6 Å². The molecule has 0 bridgehead atoms. The van der Waals surface area contributed by atoms with Crippen molar-refractivity contribution in [2.24, 2.45) is 0 Å². The Balaban J connectivity index is 2.75. The summed E-state index contributed by atoms with van der Waals surface area (Å²) in [6.07, 6.45) is -3.22. The maximum atomic E-state index is 12.4. The second kappa shape index (κ2) is 6.78. The SMILES string of the molecule is COCCN(C(=O)N(CC(=O)O)CC(F)(F)F)C1CC1. The molecule has 0 aliphatic heterocycles. The van der Waals surface area contributed by atoms with Crippen molar-refractivity contribution in [1.82, 2.24) is 9.80 Å². The van der Waals surface area contributed by atoms with Crippen LogP contribution in [-0.4, -0.2) is 72.5 Å². The first-order valence-electron chi connectivity index (χ1n) is 6.07. The molecule has 1 aliphatic rings. The number of hydrogen-bond donors (Lipinski definition) is 1. The fourth-order valence-corrected chi connectivity index (χ4v) is 1.76. The molecule has 0 spiro atoms. The third-order valence-corrected chi connectivity index (χ3v) is 2.74. The number of urea groups is 1. The van der Waals surface area contributed by atoms with Gasteiger partial charge in [-0.05, 0) is 12.8 Å². The topological polar surface area (TPSA) is 70.1 Å². The van der Waals surface area contributed by atoms with E-state index < -0.39 is 31.3 Å². The molecule has 0 heterocycles. The van der Waals surface area contributed by atoms with Crippen molar-refractivity contribution in [3.8, 4) is 0 Å². The molecular formula is C11H17F3N2O4. The van der Waals surface area contributed by atoms with Crippen LogP contribution in [0.5, 0.6) is 0 Å². The molecule has 1 aliphatic carbocycles. The number of carbonyl (C=O) groups excluding carboxylic acids is 1.